The van der Waals surface area contributed by atoms with Crippen molar-refractivity contribution in [2.75, 3.05) is 32.7 Å². The number of allylic oxidation sites excluding steroid dienone is 3. The van der Waals surface area contributed by atoms with E-state index in [-0.39, 0.29) is 0 Å². The molecule has 0 aromatic rings. The molecule has 0 bridgehead atoms. The van der Waals surface area contributed by atoms with Crippen LogP contribution in [0.25, 0.3) is 0 Å². The van der Waals surface area contributed by atoms with E-state index in [0.717, 1.165) is 44.8 Å². The topological polar surface area (TPSA) is 27.6 Å². The van der Waals surface area contributed by atoms with Crippen molar-refractivity contribution in [1.29, 1.82) is 0 Å². The summed E-state index contributed by atoms with van der Waals surface area (Å²) in [6.45, 7) is 11.6. The maximum Gasteiger partial charge on any atom is 0.0336 e. The van der Waals surface area contributed by atoms with Gasteiger partial charge in [-0.1, -0.05) is 26.0 Å². The van der Waals surface area contributed by atoms with E-state index in [2.05, 4.69) is 34.3 Å². The monoisotopic (exact) mass is 235 g/mol. The minimum Gasteiger partial charge on any atom is -0.314 e. The molecule has 1 fully saturated rings. The van der Waals surface area contributed by atoms with Crippen LogP contribution in [0.3, 0.4) is 0 Å². The molecule has 0 atom stereocenters. The lowest BCUT2D eigenvalue weighted by atomic mass is 10.2. The third kappa shape index (κ3) is 5.29. The molecule has 2 aliphatic heterocycles. The van der Waals surface area contributed by atoms with Gasteiger partial charge in [-0.15, -0.1) is 0 Å². The molecule has 2 rings (SSSR count). The quantitative estimate of drug-likeness (QED) is 0.795. The van der Waals surface area contributed by atoms with Crippen molar-refractivity contribution < 1.29 is 0 Å². The Morgan fingerprint density at radius 3 is 2.65 bits per heavy atom. The van der Waals surface area contributed by atoms with Crippen molar-refractivity contribution in [2.24, 2.45) is 4.99 Å². The number of nitrogens with zero attached hydrogens (tertiary/aromatic N) is 2. The molecule has 0 spiro atoms. The molecular weight excluding hydrogens is 210 g/mol. The molecule has 96 valence electrons. The van der Waals surface area contributed by atoms with Gasteiger partial charge in [0.15, 0.2) is 0 Å². The highest BCUT2D eigenvalue weighted by atomic mass is 15.2. The summed E-state index contributed by atoms with van der Waals surface area (Å²) in [5, 5.41) is 3.37. The van der Waals surface area contributed by atoms with E-state index in [0.29, 0.717) is 0 Å². The van der Waals surface area contributed by atoms with Gasteiger partial charge in [-0.25, -0.2) is 0 Å². The molecule has 0 radical (unpaired) electrons. The zero-order valence-corrected chi connectivity index (χ0v) is 11.4. The normalized spacial score (nSPS) is 20.9. The van der Waals surface area contributed by atoms with Gasteiger partial charge < -0.3 is 5.32 Å². The molecule has 3 nitrogen and oxygen atoms in total. The van der Waals surface area contributed by atoms with Crippen molar-refractivity contribution in [3.05, 3.63) is 23.4 Å². The third-order valence-electron chi connectivity index (χ3n) is 2.84. The summed E-state index contributed by atoms with van der Waals surface area (Å²) >= 11 is 0. The molecule has 3 heteroatoms. The standard InChI is InChI=1S/C12H19N3.C2H6/c1-11-3-2-4-12(9-14-11)10-15-7-5-13-6-8-15;1-2/h3-4,9,13H,2,5-8,10H2,1H3;1-2H3. The Morgan fingerprint density at radius 1 is 1.24 bits per heavy atom. The highest BCUT2D eigenvalue weighted by Gasteiger charge is 2.10. The highest BCUT2D eigenvalue weighted by Crippen LogP contribution is 2.08. The summed E-state index contributed by atoms with van der Waals surface area (Å²) in [4.78, 5) is 6.88. The van der Waals surface area contributed by atoms with Gasteiger partial charge in [0.2, 0.25) is 0 Å². The Morgan fingerprint density at radius 2 is 1.94 bits per heavy atom. The van der Waals surface area contributed by atoms with E-state index in [1.807, 2.05) is 20.1 Å². The molecule has 2 heterocycles. The van der Waals surface area contributed by atoms with Crippen LogP contribution in [0.1, 0.15) is 27.2 Å². The second kappa shape index (κ2) is 8.20. The number of hydrogen-bond donors (Lipinski definition) is 1. The Hall–Kier alpha value is -0.930. The van der Waals surface area contributed by atoms with Crippen LogP contribution in [-0.2, 0) is 0 Å². The summed E-state index contributed by atoms with van der Waals surface area (Å²) in [7, 11) is 0. The molecular formula is C14H25N3. The minimum absolute atomic E-state index is 1.02. The summed E-state index contributed by atoms with van der Waals surface area (Å²) in [5.74, 6) is 0. The molecule has 0 aliphatic carbocycles. The van der Waals surface area contributed by atoms with E-state index >= 15 is 0 Å². The van der Waals surface area contributed by atoms with Crippen molar-refractivity contribution in [2.45, 2.75) is 27.2 Å². The first-order chi connectivity index (χ1) is 8.34. The fourth-order valence-corrected chi connectivity index (χ4v) is 1.90. The lowest BCUT2D eigenvalue weighted by Crippen LogP contribution is -2.44. The molecule has 0 saturated carbocycles. The average Bonchev–Trinajstić information content (AvgIpc) is 2.58. The van der Waals surface area contributed by atoms with E-state index in [1.165, 1.54) is 5.57 Å². The van der Waals surface area contributed by atoms with Gasteiger partial charge in [-0.3, -0.25) is 9.89 Å². The molecule has 2 aliphatic rings. The number of rotatable bonds is 2. The van der Waals surface area contributed by atoms with Crippen LogP contribution in [0, 0.1) is 0 Å². The van der Waals surface area contributed by atoms with Crippen LogP contribution in [0.5, 0.6) is 0 Å². The molecule has 0 amide bonds. The molecule has 0 unspecified atom stereocenters. The summed E-state index contributed by atoms with van der Waals surface area (Å²) < 4.78 is 0. The SMILES string of the molecule is CC.CC1=CCC=C(CN2CCNCC2)C=N1. The minimum atomic E-state index is 1.02. The van der Waals surface area contributed by atoms with E-state index in [1.54, 1.807) is 0 Å². The average molecular weight is 235 g/mol. The molecule has 1 N–H and O–H groups in total. The smallest absolute Gasteiger partial charge is 0.0336 e. The van der Waals surface area contributed by atoms with Crippen LogP contribution in [0.15, 0.2) is 28.4 Å². The first-order valence-electron chi connectivity index (χ1n) is 6.67. The first-order valence-corrected chi connectivity index (χ1v) is 6.67. The predicted octanol–water partition coefficient (Wildman–Crippen LogP) is 2.22. The van der Waals surface area contributed by atoms with Gasteiger partial charge in [0.1, 0.15) is 0 Å². The lowest BCUT2D eigenvalue weighted by Gasteiger charge is -2.27. The van der Waals surface area contributed by atoms with Gasteiger partial charge in [0.05, 0.1) is 0 Å². The van der Waals surface area contributed by atoms with Crippen molar-refractivity contribution in [1.82, 2.24) is 10.2 Å². The summed E-state index contributed by atoms with van der Waals surface area (Å²) in [6, 6.07) is 0. The largest absolute Gasteiger partial charge is 0.314 e. The first kappa shape index (κ1) is 14.1. The Balaban J connectivity index is 0.000000686. The highest BCUT2D eigenvalue weighted by molar-refractivity contribution is 5.80. The zero-order valence-electron chi connectivity index (χ0n) is 11.4. The van der Waals surface area contributed by atoms with Gasteiger partial charge in [0.25, 0.3) is 0 Å². The predicted molar refractivity (Wildman–Crippen MR) is 75.6 cm³/mol. The third-order valence-corrected chi connectivity index (χ3v) is 2.84. The van der Waals surface area contributed by atoms with E-state index in [4.69, 9.17) is 0 Å². The van der Waals surface area contributed by atoms with Crippen LogP contribution >= 0.6 is 0 Å². The van der Waals surface area contributed by atoms with Crippen LogP contribution in [-0.4, -0.2) is 43.8 Å². The van der Waals surface area contributed by atoms with Crippen molar-refractivity contribution >= 4 is 6.21 Å². The Labute approximate surface area is 105 Å². The molecule has 0 aromatic heterocycles. The van der Waals surface area contributed by atoms with Crippen molar-refractivity contribution in [3.8, 4) is 0 Å². The fourth-order valence-electron chi connectivity index (χ4n) is 1.90. The summed E-state index contributed by atoms with van der Waals surface area (Å²) in [5.41, 5.74) is 2.48. The molecule has 17 heavy (non-hydrogen) atoms. The van der Waals surface area contributed by atoms with Gasteiger partial charge >= 0.3 is 0 Å². The van der Waals surface area contributed by atoms with Gasteiger partial charge in [-0.05, 0) is 18.9 Å². The number of aliphatic imine (C=N–C) groups is 1. The van der Waals surface area contributed by atoms with Crippen LogP contribution in [0.2, 0.25) is 0 Å². The maximum absolute atomic E-state index is 4.40. The number of piperazine rings is 1. The molecule has 0 aromatic carbocycles. The zero-order chi connectivity index (χ0) is 12.5. The number of hydrogen-bond acceptors (Lipinski definition) is 3. The second-order valence-corrected chi connectivity index (χ2v) is 4.14. The second-order valence-electron chi connectivity index (χ2n) is 4.14. The van der Waals surface area contributed by atoms with Gasteiger partial charge in [-0.2, -0.15) is 0 Å². The van der Waals surface area contributed by atoms with E-state index < -0.39 is 0 Å². The van der Waals surface area contributed by atoms with Crippen LogP contribution in [0.4, 0.5) is 0 Å². The van der Waals surface area contributed by atoms with Crippen molar-refractivity contribution in [3.63, 3.8) is 0 Å². The van der Waals surface area contributed by atoms with Gasteiger partial charge in [0, 0.05) is 44.6 Å². The summed E-state index contributed by atoms with van der Waals surface area (Å²) in [6.07, 6.45) is 7.48. The maximum atomic E-state index is 4.40. The Kier molecular flexibility index (Phi) is 6.82. The molecule has 1 saturated heterocycles. The number of nitrogens with one attached hydrogen (secondary N) is 1. The fraction of sp³-hybridized carbons (Fsp3) is 0.643. The van der Waals surface area contributed by atoms with Crippen LogP contribution < -0.4 is 5.32 Å². The Bertz CT molecular complexity index is 297. The lowest BCUT2D eigenvalue weighted by molar-refractivity contribution is 0.262. The van der Waals surface area contributed by atoms with E-state index in [9.17, 15) is 0 Å².